The van der Waals surface area contributed by atoms with Crippen molar-refractivity contribution in [2.75, 3.05) is 5.73 Å². The van der Waals surface area contributed by atoms with Crippen molar-refractivity contribution >= 4 is 21.7 Å². The maximum atomic E-state index is 14.1. The maximum Gasteiger partial charge on any atom is 0.146 e. The summed E-state index contributed by atoms with van der Waals surface area (Å²) in [6.45, 7) is 2.04. The standard InChI is InChI=1S/C13H13BrFN3/c1-2-4-9-12(17-7-18-13(9)16)8-5-3-6-10(14)11(8)15/h3,5-7H,2,4H2,1H3,(H2,16,17,18). The molecule has 0 spiro atoms. The van der Waals surface area contributed by atoms with E-state index in [0.29, 0.717) is 21.5 Å². The van der Waals surface area contributed by atoms with Crippen LogP contribution in [0.15, 0.2) is 29.0 Å². The molecule has 0 saturated carbocycles. The number of nitrogens with two attached hydrogens (primary N) is 1. The van der Waals surface area contributed by atoms with Crippen molar-refractivity contribution in [3.63, 3.8) is 0 Å². The molecule has 18 heavy (non-hydrogen) atoms. The predicted molar refractivity (Wildman–Crippen MR) is 73.5 cm³/mol. The lowest BCUT2D eigenvalue weighted by Gasteiger charge is -2.11. The molecule has 0 aliphatic rings. The minimum Gasteiger partial charge on any atom is -0.383 e. The van der Waals surface area contributed by atoms with Gasteiger partial charge in [-0.05, 0) is 34.5 Å². The number of halogens is 2. The Kier molecular flexibility index (Phi) is 3.91. The van der Waals surface area contributed by atoms with Gasteiger partial charge in [0.05, 0.1) is 10.2 Å². The molecule has 0 unspecified atom stereocenters. The van der Waals surface area contributed by atoms with Crippen molar-refractivity contribution in [1.29, 1.82) is 0 Å². The summed E-state index contributed by atoms with van der Waals surface area (Å²) in [4.78, 5) is 8.15. The molecule has 0 fully saturated rings. The molecule has 5 heteroatoms. The van der Waals surface area contributed by atoms with Crippen LogP contribution in [0.2, 0.25) is 0 Å². The number of rotatable bonds is 3. The molecule has 0 bridgehead atoms. The number of hydrogen-bond donors (Lipinski definition) is 1. The van der Waals surface area contributed by atoms with Gasteiger partial charge in [0.1, 0.15) is 18.0 Å². The SMILES string of the molecule is CCCc1c(N)ncnc1-c1cccc(Br)c1F. The van der Waals surface area contributed by atoms with E-state index in [1.54, 1.807) is 18.2 Å². The van der Waals surface area contributed by atoms with E-state index in [1.807, 2.05) is 6.92 Å². The first-order chi connectivity index (χ1) is 8.65. The Morgan fingerprint density at radius 1 is 1.33 bits per heavy atom. The third-order valence-corrected chi connectivity index (χ3v) is 3.30. The lowest BCUT2D eigenvalue weighted by molar-refractivity contribution is 0.623. The number of anilines is 1. The van der Waals surface area contributed by atoms with Crippen LogP contribution in [-0.2, 0) is 6.42 Å². The lowest BCUT2D eigenvalue weighted by Crippen LogP contribution is -2.03. The molecule has 2 rings (SSSR count). The van der Waals surface area contributed by atoms with Crippen molar-refractivity contribution in [1.82, 2.24) is 9.97 Å². The Labute approximate surface area is 113 Å². The molecule has 2 N–H and O–H groups in total. The van der Waals surface area contributed by atoms with E-state index >= 15 is 0 Å². The highest BCUT2D eigenvalue weighted by Crippen LogP contribution is 2.30. The quantitative estimate of drug-likeness (QED) is 0.942. The Balaban J connectivity index is 2.63. The van der Waals surface area contributed by atoms with Gasteiger partial charge < -0.3 is 5.73 Å². The molecule has 0 atom stereocenters. The molecule has 0 aliphatic heterocycles. The van der Waals surface area contributed by atoms with E-state index in [9.17, 15) is 4.39 Å². The average Bonchev–Trinajstić information content (AvgIpc) is 2.36. The second-order valence-corrected chi connectivity index (χ2v) is 4.79. The van der Waals surface area contributed by atoms with Crippen molar-refractivity contribution in [3.8, 4) is 11.3 Å². The minimum absolute atomic E-state index is 0.326. The molecule has 94 valence electrons. The molecule has 0 radical (unpaired) electrons. The van der Waals surface area contributed by atoms with Crippen LogP contribution in [0.4, 0.5) is 10.2 Å². The number of benzene rings is 1. The Morgan fingerprint density at radius 3 is 2.83 bits per heavy atom. The number of nitrogens with zero attached hydrogens (tertiary/aromatic N) is 2. The van der Waals surface area contributed by atoms with Gasteiger partial charge in [0, 0.05) is 11.1 Å². The average molecular weight is 310 g/mol. The fourth-order valence-electron chi connectivity index (χ4n) is 1.84. The topological polar surface area (TPSA) is 51.8 Å². The molecule has 2 aromatic rings. The minimum atomic E-state index is -0.326. The monoisotopic (exact) mass is 309 g/mol. The van der Waals surface area contributed by atoms with E-state index in [1.165, 1.54) is 6.33 Å². The third kappa shape index (κ3) is 2.36. The van der Waals surface area contributed by atoms with Crippen LogP contribution in [0.25, 0.3) is 11.3 Å². The van der Waals surface area contributed by atoms with E-state index in [-0.39, 0.29) is 5.82 Å². The molecule has 0 amide bonds. The number of nitrogen functional groups attached to an aromatic ring is 1. The lowest BCUT2D eigenvalue weighted by atomic mass is 10.0. The van der Waals surface area contributed by atoms with Crippen molar-refractivity contribution in [2.24, 2.45) is 0 Å². The van der Waals surface area contributed by atoms with Gasteiger partial charge in [-0.25, -0.2) is 14.4 Å². The second-order valence-electron chi connectivity index (χ2n) is 3.94. The van der Waals surface area contributed by atoms with Crippen LogP contribution in [0.5, 0.6) is 0 Å². The van der Waals surface area contributed by atoms with Crippen LogP contribution in [0, 0.1) is 5.82 Å². The van der Waals surface area contributed by atoms with Gasteiger partial charge in [0.2, 0.25) is 0 Å². The fraction of sp³-hybridized carbons (Fsp3) is 0.231. The number of hydrogen-bond acceptors (Lipinski definition) is 3. The maximum absolute atomic E-state index is 14.1. The smallest absolute Gasteiger partial charge is 0.146 e. The highest BCUT2D eigenvalue weighted by atomic mass is 79.9. The highest BCUT2D eigenvalue weighted by molar-refractivity contribution is 9.10. The van der Waals surface area contributed by atoms with Gasteiger partial charge in [0.15, 0.2) is 0 Å². The van der Waals surface area contributed by atoms with Crippen LogP contribution >= 0.6 is 15.9 Å². The van der Waals surface area contributed by atoms with E-state index in [0.717, 1.165) is 18.4 Å². The fourth-order valence-corrected chi connectivity index (χ4v) is 2.21. The first kappa shape index (κ1) is 13.0. The van der Waals surface area contributed by atoms with E-state index in [2.05, 4.69) is 25.9 Å². The summed E-state index contributed by atoms with van der Waals surface area (Å²) in [5, 5.41) is 0. The van der Waals surface area contributed by atoms with Gasteiger partial charge in [-0.2, -0.15) is 0 Å². The van der Waals surface area contributed by atoms with Crippen molar-refractivity contribution < 1.29 is 4.39 Å². The van der Waals surface area contributed by atoms with Crippen LogP contribution < -0.4 is 5.73 Å². The molecule has 1 aromatic carbocycles. The third-order valence-electron chi connectivity index (χ3n) is 2.69. The van der Waals surface area contributed by atoms with Crippen molar-refractivity contribution in [2.45, 2.75) is 19.8 Å². The summed E-state index contributed by atoms with van der Waals surface area (Å²) in [6, 6.07) is 5.13. The van der Waals surface area contributed by atoms with Gasteiger partial charge in [-0.15, -0.1) is 0 Å². The van der Waals surface area contributed by atoms with E-state index in [4.69, 9.17) is 5.73 Å². The Morgan fingerprint density at radius 2 is 2.11 bits per heavy atom. The summed E-state index contributed by atoms with van der Waals surface area (Å²) in [6.07, 6.45) is 3.00. The normalized spacial score (nSPS) is 10.6. The summed E-state index contributed by atoms with van der Waals surface area (Å²) in [5.74, 6) is 0.0918. The second kappa shape index (κ2) is 5.44. The zero-order chi connectivity index (χ0) is 13.1. The largest absolute Gasteiger partial charge is 0.383 e. The van der Waals surface area contributed by atoms with Crippen LogP contribution in [0.1, 0.15) is 18.9 Å². The molecule has 0 aliphatic carbocycles. The molecule has 0 saturated heterocycles. The zero-order valence-electron chi connectivity index (χ0n) is 9.95. The number of aromatic nitrogens is 2. The summed E-state index contributed by atoms with van der Waals surface area (Å²) in [5.41, 5.74) is 7.67. The van der Waals surface area contributed by atoms with Gasteiger partial charge >= 0.3 is 0 Å². The molecule has 3 nitrogen and oxygen atoms in total. The van der Waals surface area contributed by atoms with Gasteiger partial charge in [0.25, 0.3) is 0 Å². The van der Waals surface area contributed by atoms with Gasteiger partial charge in [-0.3, -0.25) is 0 Å². The molecular formula is C13H13BrFN3. The molecular weight excluding hydrogens is 297 g/mol. The summed E-state index contributed by atoms with van der Waals surface area (Å²) < 4.78 is 14.5. The first-order valence-electron chi connectivity index (χ1n) is 5.68. The molecule has 1 aromatic heterocycles. The van der Waals surface area contributed by atoms with Crippen molar-refractivity contribution in [3.05, 3.63) is 40.4 Å². The van der Waals surface area contributed by atoms with E-state index < -0.39 is 0 Å². The summed E-state index contributed by atoms with van der Waals surface area (Å²) >= 11 is 3.18. The zero-order valence-corrected chi connectivity index (χ0v) is 11.5. The van der Waals surface area contributed by atoms with Crippen LogP contribution in [0.3, 0.4) is 0 Å². The van der Waals surface area contributed by atoms with Crippen LogP contribution in [-0.4, -0.2) is 9.97 Å². The Hall–Kier alpha value is -1.49. The van der Waals surface area contributed by atoms with Gasteiger partial charge in [-0.1, -0.05) is 19.4 Å². The molecule has 1 heterocycles. The first-order valence-corrected chi connectivity index (χ1v) is 6.48. The highest BCUT2D eigenvalue weighted by Gasteiger charge is 2.15. The summed E-state index contributed by atoms with van der Waals surface area (Å²) in [7, 11) is 0. The Bertz CT molecular complexity index is 572. The predicted octanol–water partition coefficient (Wildman–Crippen LogP) is 3.58.